The first kappa shape index (κ1) is 20.7. The molecule has 1 aliphatic heterocycles. The lowest BCUT2D eigenvalue weighted by Crippen LogP contribution is -2.48. The Kier molecular flexibility index (Phi) is 7.65. The first-order chi connectivity index (χ1) is 13.0. The summed E-state index contributed by atoms with van der Waals surface area (Å²) in [5, 5.41) is 12.1. The van der Waals surface area contributed by atoms with Crippen LogP contribution >= 0.6 is 34.8 Å². The van der Waals surface area contributed by atoms with E-state index in [-0.39, 0.29) is 6.61 Å². The molecule has 0 spiro atoms. The number of piperazine rings is 1. The van der Waals surface area contributed by atoms with Gasteiger partial charge in [0.25, 0.3) is 0 Å². The summed E-state index contributed by atoms with van der Waals surface area (Å²) in [5.74, 6) is 0.713. The van der Waals surface area contributed by atoms with Crippen LogP contribution in [0.3, 0.4) is 0 Å². The summed E-state index contributed by atoms with van der Waals surface area (Å²) in [7, 11) is 0. The van der Waals surface area contributed by atoms with Crippen LogP contribution in [0.15, 0.2) is 42.5 Å². The minimum atomic E-state index is -0.526. The van der Waals surface area contributed by atoms with Crippen molar-refractivity contribution in [1.29, 1.82) is 0 Å². The van der Waals surface area contributed by atoms with Crippen LogP contribution in [0.25, 0.3) is 0 Å². The Bertz CT molecular complexity index is 735. The van der Waals surface area contributed by atoms with Crippen molar-refractivity contribution in [2.45, 2.75) is 12.6 Å². The zero-order valence-corrected chi connectivity index (χ0v) is 17.2. The molecular weight excluding hydrogens is 407 g/mol. The molecule has 1 aliphatic rings. The number of rotatable bonds is 7. The fourth-order valence-electron chi connectivity index (χ4n) is 3.10. The Balaban J connectivity index is 1.38. The monoisotopic (exact) mass is 428 g/mol. The molecule has 3 rings (SSSR count). The van der Waals surface area contributed by atoms with Gasteiger partial charge in [-0.3, -0.25) is 9.80 Å². The van der Waals surface area contributed by atoms with Gasteiger partial charge < -0.3 is 9.84 Å². The van der Waals surface area contributed by atoms with Crippen LogP contribution in [0, 0.1) is 0 Å². The van der Waals surface area contributed by atoms with Crippen molar-refractivity contribution in [3.05, 3.63) is 63.1 Å². The molecule has 0 radical (unpaired) electrons. The lowest BCUT2D eigenvalue weighted by atomic mass is 10.2. The van der Waals surface area contributed by atoms with E-state index in [2.05, 4.69) is 9.80 Å². The maximum Gasteiger partial charge on any atom is 0.119 e. The summed E-state index contributed by atoms with van der Waals surface area (Å²) < 4.78 is 5.62. The molecule has 146 valence electrons. The summed E-state index contributed by atoms with van der Waals surface area (Å²) in [6, 6.07) is 12.9. The van der Waals surface area contributed by atoms with E-state index in [1.54, 1.807) is 24.3 Å². The van der Waals surface area contributed by atoms with Gasteiger partial charge in [0, 0.05) is 44.3 Å². The second-order valence-electron chi connectivity index (χ2n) is 6.74. The van der Waals surface area contributed by atoms with E-state index in [1.807, 2.05) is 18.2 Å². The van der Waals surface area contributed by atoms with E-state index in [0.717, 1.165) is 38.3 Å². The zero-order chi connectivity index (χ0) is 19.2. The lowest BCUT2D eigenvalue weighted by Gasteiger charge is -2.35. The summed E-state index contributed by atoms with van der Waals surface area (Å²) in [4.78, 5) is 4.65. The number of halogens is 3. The van der Waals surface area contributed by atoms with E-state index in [0.29, 0.717) is 27.4 Å². The molecule has 1 N–H and O–H groups in total. The number of aliphatic hydroxyl groups is 1. The van der Waals surface area contributed by atoms with E-state index in [9.17, 15) is 5.11 Å². The Morgan fingerprint density at radius 3 is 2.22 bits per heavy atom. The molecule has 1 fully saturated rings. The van der Waals surface area contributed by atoms with Crippen molar-refractivity contribution < 1.29 is 9.84 Å². The smallest absolute Gasteiger partial charge is 0.119 e. The number of benzene rings is 2. The van der Waals surface area contributed by atoms with Gasteiger partial charge in [0.2, 0.25) is 0 Å². The third kappa shape index (κ3) is 6.53. The number of ether oxygens (including phenoxy) is 1. The number of hydrogen-bond acceptors (Lipinski definition) is 4. The van der Waals surface area contributed by atoms with Crippen molar-refractivity contribution in [2.24, 2.45) is 0 Å². The largest absolute Gasteiger partial charge is 0.491 e. The van der Waals surface area contributed by atoms with Crippen molar-refractivity contribution in [3.63, 3.8) is 0 Å². The highest BCUT2D eigenvalue weighted by Crippen LogP contribution is 2.23. The Labute approximate surface area is 175 Å². The Morgan fingerprint density at radius 1 is 0.889 bits per heavy atom. The molecule has 2 aromatic carbocycles. The van der Waals surface area contributed by atoms with Crippen LogP contribution in [-0.4, -0.2) is 60.3 Å². The van der Waals surface area contributed by atoms with Crippen LogP contribution in [0.4, 0.5) is 0 Å². The number of hydrogen-bond donors (Lipinski definition) is 1. The topological polar surface area (TPSA) is 35.9 Å². The molecule has 27 heavy (non-hydrogen) atoms. The summed E-state index contributed by atoms with van der Waals surface area (Å²) in [6.07, 6.45) is -0.526. The third-order valence-electron chi connectivity index (χ3n) is 4.58. The number of β-amino-alcohol motifs (C(OH)–C–C–N with tert-alkyl or cyclic N) is 1. The molecular formula is C20H23Cl3N2O2. The van der Waals surface area contributed by atoms with Crippen LogP contribution in [0.5, 0.6) is 5.75 Å². The standard InChI is InChI=1S/C20H23Cl3N2O2/c21-16-2-4-18(5-3-16)27-14-17(26)13-25-9-7-24(8-10-25)12-15-1-6-19(22)20(23)11-15/h1-6,11,17,26H,7-10,12-14H2/t17-/m1/s1. The van der Waals surface area contributed by atoms with Gasteiger partial charge in [-0.25, -0.2) is 0 Å². The molecule has 0 saturated carbocycles. The third-order valence-corrected chi connectivity index (χ3v) is 5.57. The van der Waals surface area contributed by atoms with Gasteiger partial charge in [-0.2, -0.15) is 0 Å². The predicted molar refractivity (Wildman–Crippen MR) is 111 cm³/mol. The Hall–Kier alpha value is -1.01. The minimum Gasteiger partial charge on any atom is -0.491 e. The molecule has 0 bridgehead atoms. The molecule has 1 atom stereocenters. The highest BCUT2D eigenvalue weighted by Gasteiger charge is 2.19. The summed E-state index contributed by atoms with van der Waals surface area (Å²) in [5.41, 5.74) is 1.16. The SMILES string of the molecule is O[C@@H](COc1ccc(Cl)cc1)CN1CCN(Cc2ccc(Cl)c(Cl)c2)CC1. The average Bonchev–Trinajstić information content (AvgIpc) is 2.66. The normalized spacial score (nSPS) is 17.0. The van der Waals surface area contributed by atoms with Gasteiger partial charge in [0.05, 0.1) is 10.0 Å². The van der Waals surface area contributed by atoms with Crippen LogP contribution in [-0.2, 0) is 6.54 Å². The molecule has 2 aromatic rings. The first-order valence-electron chi connectivity index (χ1n) is 8.94. The van der Waals surface area contributed by atoms with Crippen molar-refractivity contribution in [1.82, 2.24) is 9.80 Å². The summed E-state index contributed by atoms with van der Waals surface area (Å²) >= 11 is 17.9. The Morgan fingerprint density at radius 2 is 1.56 bits per heavy atom. The lowest BCUT2D eigenvalue weighted by molar-refractivity contribution is 0.0446. The van der Waals surface area contributed by atoms with E-state index in [1.165, 1.54) is 0 Å². The fourth-order valence-corrected chi connectivity index (χ4v) is 3.55. The first-order valence-corrected chi connectivity index (χ1v) is 10.1. The quantitative estimate of drug-likeness (QED) is 0.715. The average molecular weight is 430 g/mol. The number of aliphatic hydroxyl groups excluding tert-OH is 1. The van der Waals surface area contributed by atoms with Crippen molar-refractivity contribution in [3.8, 4) is 5.75 Å². The van der Waals surface area contributed by atoms with Gasteiger partial charge in [0.15, 0.2) is 0 Å². The van der Waals surface area contributed by atoms with Crippen LogP contribution in [0.2, 0.25) is 15.1 Å². The highest BCUT2D eigenvalue weighted by molar-refractivity contribution is 6.42. The molecule has 0 aliphatic carbocycles. The molecule has 0 aromatic heterocycles. The van der Waals surface area contributed by atoms with Gasteiger partial charge in [-0.1, -0.05) is 40.9 Å². The molecule has 4 nitrogen and oxygen atoms in total. The van der Waals surface area contributed by atoms with Gasteiger partial charge in [-0.05, 0) is 42.0 Å². The predicted octanol–water partition coefficient (Wildman–Crippen LogP) is 4.20. The van der Waals surface area contributed by atoms with Gasteiger partial charge in [0.1, 0.15) is 18.5 Å². The summed E-state index contributed by atoms with van der Waals surface area (Å²) in [6.45, 7) is 5.46. The van der Waals surface area contributed by atoms with Crippen LogP contribution < -0.4 is 4.74 Å². The van der Waals surface area contributed by atoms with Crippen molar-refractivity contribution in [2.75, 3.05) is 39.3 Å². The van der Waals surface area contributed by atoms with E-state index in [4.69, 9.17) is 39.5 Å². The molecule has 1 saturated heterocycles. The number of nitrogens with zero attached hydrogens (tertiary/aromatic N) is 2. The van der Waals surface area contributed by atoms with Crippen LogP contribution in [0.1, 0.15) is 5.56 Å². The fraction of sp³-hybridized carbons (Fsp3) is 0.400. The maximum atomic E-state index is 10.2. The molecule has 0 unspecified atom stereocenters. The van der Waals surface area contributed by atoms with Gasteiger partial charge in [-0.15, -0.1) is 0 Å². The molecule has 1 heterocycles. The highest BCUT2D eigenvalue weighted by atomic mass is 35.5. The van der Waals surface area contributed by atoms with E-state index < -0.39 is 6.10 Å². The minimum absolute atomic E-state index is 0.269. The van der Waals surface area contributed by atoms with Crippen molar-refractivity contribution >= 4 is 34.8 Å². The maximum absolute atomic E-state index is 10.2. The molecule has 7 heteroatoms. The van der Waals surface area contributed by atoms with Gasteiger partial charge >= 0.3 is 0 Å². The molecule has 0 amide bonds. The second-order valence-corrected chi connectivity index (χ2v) is 7.99. The second kappa shape index (κ2) is 9.97. The zero-order valence-electron chi connectivity index (χ0n) is 15.0. The van der Waals surface area contributed by atoms with E-state index >= 15 is 0 Å².